The fourth-order valence-electron chi connectivity index (χ4n) is 2.65. The van der Waals surface area contributed by atoms with Crippen molar-refractivity contribution < 1.29 is 9.53 Å². The zero-order valence-electron chi connectivity index (χ0n) is 11.3. The van der Waals surface area contributed by atoms with E-state index in [9.17, 15) is 4.79 Å². The summed E-state index contributed by atoms with van der Waals surface area (Å²) in [7, 11) is 1.43. The van der Waals surface area contributed by atoms with Crippen molar-refractivity contribution in [2.75, 3.05) is 26.7 Å². The lowest BCUT2D eigenvalue weighted by atomic mass is 9.89. The number of esters is 1. The first-order valence-corrected chi connectivity index (χ1v) is 6.62. The second-order valence-corrected chi connectivity index (χ2v) is 5.25. The summed E-state index contributed by atoms with van der Waals surface area (Å²) < 4.78 is 4.81. The third kappa shape index (κ3) is 3.96. The van der Waals surface area contributed by atoms with Gasteiger partial charge in [-0.2, -0.15) is 0 Å². The number of carbonyl (C=O) groups is 1. The van der Waals surface area contributed by atoms with Crippen molar-refractivity contribution in [1.29, 1.82) is 0 Å². The summed E-state index contributed by atoms with van der Waals surface area (Å²) in [6.45, 7) is 6.82. The molecule has 1 rings (SSSR count). The summed E-state index contributed by atoms with van der Waals surface area (Å²) in [4.78, 5) is 13.8. The minimum Gasteiger partial charge on any atom is -0.468 e. The van der Waals surface area contributed by atoms with Gasteiger partial charge in [0, 0.05) is 6.54 Å². The molecule has 0 saturated carbocycles. The van der Waals surface area contributed by atoms with Crippen molar-refractivity contribution in [2.24, 2.45) is 17.6 Å². The molecule has 1 aliphatic heterocycles. The molecule has 0 spiro atoms. The second kappa shape index (κ2) is 6.97. The van der Waals surface area contributed by atoms with Crippen LogP contribution in [0.2, 0.25) is 0 Å². The monoisotopic (exact) mass is 242 g/mol. The average Bonchev–Trinajstić information content (AvgIpc) is 2.55. The molecule has 100 valence electrons. The average molecular weight is 242 g/mol. The third-order valence-corrected chi connectivity index (χ3v) is 3.89. The highest BCUT2D eigenvalue weighted by molar-refractivity contribution is 5.75. The third-order valence-electron chi connectivity index (χ3n) is 3.89. The highest BCUT2D eigenvalue weighted by atomic mass is 16.5. The highest BCUT2D eigenvalue weighted by Gasteiger charge is 2.28. The Morgan fingerprint density at radius 3 is 2.65 bits per heavy atom. The van der Waals surface area contributed by atoms with Crippen molar-refractivity contribution in [3.63, 3.8) is 0 Å². The van der Waals surface area contributed by atoms with Crippen molar-refractivity contribution in [3.05, 3.63) is 0 Å². The van der Waals surface area contributed by atoms with Gasteiger partial charge in [-0.05, 0) is 44.2 Å². The number of nitrogens with zero attached hydrogens (tertiary/aromatic N) is 1. The predicted octanol–water partition coefficient (Wildman–Crippen LogP) is 1.24. The van der Waals surface area contributed by atoms with E-state index in [1.54, 1.807) is 0 Å². The lowest BCUT2D eigenvalue weighted by Gasteiger charge is -2.27. The lowest BCUT2D eigenvalue weighted by Crippen LogP contribution is -2.47. The van der Waals surface area contributed by atoms with Gasteiger partial charge in [-0.1, -0.05) is 13.8 Å². The topological polar surface area (TPSA) is 55.6 Å². The maximum absolute atomic E-state index is 11.6. The van der Waals surface area contributed by atoms with Crippen LogP contribution in [0.15, 0.2) is 0 Å². The molecular formula is C13H26N2O2. The van der Waals surface area contributed by atoms with Crippen LogP contribution in [0.25, 0.3) is 0 Å². The number of nitrogens with two attached hydrogens (primary N) is 1. The fourth-order valence-corrected chi connectivity index (χ4v) is 2.65. The molecule has 0 aromatic rings. The van der Waals surface area contributed by atoms with Crippen molar-refractivity contribution in [1.82, 2.24) is 4.90 Å². The van der Waals surface area contributed by atoms with Gasteiger partial charge in [-0.25, -0.2) is 0 Å². The van der Waals surface area contributed by atoms with E-state index in [1.807, 2.05) is 0 Å². The van der Waals surface area contributed by atoms with Crippen LogP contribution < -0.4 is 5.73 Å². The Morgan fingerprint density at radius 1 is 1.41 bits per heavy atom. The number of hydrogen-bond donors (Lipinski definition) is 1. The molecule has 1 saturated heterocycles. The highest BCUT2D eigenvalue weighted by Crippen LogP contribution is 2.25. The van der Waals surface area contributed by atoms with Gasteiger partial charge in [-0.15, -0.1) is 0 Å². The number of carbonyl (C=O) groups excluding carboxylic acids is 1. The first-order chi connectivity index (χ1) is 8.10. The van der Waals surface area contributed by atoms with Crippen LogP contribution in [-0.2, 0) is 9.53 Å². The van der Waals surface area contributed by atoms with Crippen LogP contribution in [0.5, 0.6) is 0 Å². The van der Waals surface area contributed by atoms with Crippen molar-refractivity contribution in [3.8, 4) is 0 Å². The fraction of sp³-hybridized carbons (Fsp3) is 0.923. The van der Waals surface area contributed by atoms with E-state index in [1.165, 1.54) is 13.5 Å². The molecule has 2 N–H and O–H groups in total. The van der Waals surface area contributed by atoms with Gasteiger partial charge in [0.2, 0.25) is 0 Å². The molecular weight excluding hydrogens is 216 g/mol. The maximum Gasteiger partial charge on any atom is 0.324 e. The zero-order chi connectivity index (χ0) is 12.8. The van der Waals surface area contributed by atoms with E-state index >= 15 is 0 Å². The number of hydrogen-bond acceptors (Lipinski definition) is 4. The van der Waals surface area contributed by atoms with Crippen LogP contribution in [0.3, 0.4) is 0 Å². The van der Waals surface area contributed by atoms with Gasteiger partial charge in [-0.3, -0.25) is 9.69 Å². The van der Waals surface area contributed by atoms with Gasteiger partial charge in [0.1, 0.15) is 6.04 Å². The van der Waals surface area contributed by atoms with Crippen LogP contribution >= 0.6 is 0 Å². The summed E-state index contributed by atoms with van der Waals surface area (Å²) in [6.07, 6.45) is 3.56. The minimum atomic E-state index is -0.258. The zero-order valence-corrected chi connectivity index (χ0v) is 11.3. The molecule has 0 aromatic heterocycles. The van der Waals surface area contributed by atoms with Gasteiger partial charge < -0.3 is 10.5 Å². The number of ether oxygens (including phenoxy) is 1. The minimum absolute atomic E-state index is 0.199. The molecule has 4 nitrogen and oxygen atoms in total. The maximum atomic E-state index is 11.6. The molecule has 17 heavy (non-hydrogen) atoms. The van der Waals surface area contributed by atoms with E-state index in [0.717, 1.165) is 37.8 Å². The van der Waals surface area contributed by atoms with E-state index in [2.05, 4.69) is 18.7 Å². The molecule has 0 aromatic carbocycles. The molecule has 0 radical (unpaired) electrons. The molecule has 2 atom stereocenters. The van der Waals surface area contributed by atoms with E-state index in [-0.39, 0.29) is 12.0 Å². The first kappa shape index (κ1) is 14.5. The van der Waals surface area contributed by atoms with Gasteiger partial charge in [0.25, 0.3) is 0 Å². The van der Waals surface area contributed by atoms with Gasteiger partial charge >= 0.3 is 5.97 Å². The smallest absolute Gasteiger partial charge is 0.324 e. The molecule has 4 heteroatoms. The normalized spacial score (nSPS) is 24.4. The molecule has 1 heterocycles. The van der Waals surface area contributed by atoms with Crippen LogP contribution in [0, 0.1) is 11.8 Å². The van der Waals surface area contributed by atoms with Gasteiger partial charge in [0.05, 0.1) is 7.11 Å². The Kier molecular flexibility index (Phi) is 5.92. The van der Waals surface area contributed by atoms with Crippen LogP contribution in [-0.4, -0.2) is 43.7 Å². The molecule has 2 unspecified atom stereocenters. The molecule has 0 bridgehead atoms. The molecule has 1 aliphatic rings. The quantitative estimate of drug-likeness (QED) is 0.754. The molecule has 0 amide bonds. The summed E-state index contributed by atoms with van der Waals surface area (Å²) in [5, 5.41) is 0. The SMILES string of the molecule is COC(=O)C(CN)N1CCCC(C(C)C)CC1. The second-order valence-electron chi connectivity index (χ2n) is 5.25. The standard InChI is InChI=1S/C13H26N2O2/c1-10(2)11-5-4-7-15(8-6-11)12(9-14)13(16)17-3/h10-12H,4-9,14H2,1-3H3. The first-order valence-electron chi connectivity index (χ1n) is 6.62. The summed E-state index contributed by atoms with van der Waals surface area (Å²) >= 11 is 0. The van der Waals surface area contributed by atoms with Crippen LogP contribution in [0.4, 0.5) is 0 Å². The van der Waals surface area contributed by atoms with E-state index in [4.69, 9.17) is 10.5 Å². The summed E-state index contributed by atoms with van der Waals surface area (Å²) in [5.41, 5.74) is 5.68. The number of methoxy groups -OCH3 is 1. The summed E-state index contributed by atoms with van der Waals surface area (Å²) in [6, 6.07) is -0.258. The Hall–Kier alpha value is -0.610. The number of rotatable bonds is 4. The lowest BCUT2D eigenvalue weighted by molar-refractivity contribution is -0.146. The van der Waals surface area contributed by atoms with Crippen LogP contribution in [0.1, 0.15) is 33.1 Å². The van der Waals surface area contributed by atoms with E-state index in [0.29, 0.717) is 6.54 Å². The molecule has 1 fully saturated rings. The Morgan fingerprint density at radius 2 is 2.12 bits per heavy atom. The van der Waals surface area contributed by atoms with E-state index < -0.39 is 0 Å². The predicted molar refractivity (Wildman–Crippen MR) is 68.6 cm³/mol. The van der Waals surface area contributed by atoms with Gasteiger partial charge in [0.15, 0.2) is 0 Å². The largest absolute Gasteiger partial charge is 0.468 e. The Balaban J connectivity index is 2.57. The molecule has 0 aliphatic carbocycles. The summed E-state index contributed by atoms with van der Waals surface area (Å²) in [5.74, 6) is 1.30. The Bertz CT molecular complexity index is 244. The van der Waals surface area contributed by atoms with Crippen molar-refractivity contribution in [2.45, 2.75) is 39.2 Å². The number of likely N-dealkylation sites (tertiary alicyclic amines) is 1. The van der Waals surface area contributed by atoms with Crippen molar-refractivity contribution >= 4 is 5.97 Å². The Labute approximate surface area is 104 Å².